The Hall–Kier alpha value is -2.86. The zero-order valence-electron chi connectivity index (χ0n) is 20.1. The Balaban J connectivity index is 0.00000148. The van der Waals surface area contributed by atoms with Crippen LogP contribution in [0.3, 0.4) is 0 Å². The first-order valence-electron chi connectivity index (χ1n) is 11.2. The summed E-state index contributed by atoms with van der Waals surface area (Å²) in [5.41, 5.74) is 0.992. The molecule has 0 radical (unpaired) electrons. The summed E-state index contributed by atoms with van der Waals surface area (Å²) in [6.45, 7) is 6.84. The molecule has 3 aromatic heterocycles. The van der Waals surface area contributed by atoms with Crippen LogP contribution in [-0.4, -0.2) is 16.5 Å². The number of anilines is 1. The number of fused-ring (bicyclic) bond motifs is 1. The summed E-state index contributed by atoms with van der Waals surface area (Å²) in [6, 6.07) is 8.68. The summed E-state index contributed by atoms with van der Waals surface area (Å²) < 4.78 is 10.5. The second kappa shape index (κ2) is 11.0. The molecule has 0 saturated heterocycles. The van der Waals surface area contributed by atoms with Gasteiger partial charge in [-0.3, -0.25) is 19.5 Å². The fourth-order valence-corrected chi connectivity index (χ4v) is 7.27. The summed E-state index contributed by atoms with van der Waals surface area (Å²) in [6.07, 6.45) is 3.87. The number of aromatic nitrogens is 2. The van der Waals surface area contributed by atoms with Gasteiger partial charge >= 0.3 is 5.88 Å². The van der Waals surface area contributed by atoms with E-state index in [4.69, 9.17) is 16.0 Å². The third-order valence-corrected chi connectivity index (χ3v) is 8.88. The molecule has 0 amide bonds. The van der Waals surface area contributed by atoms with Gasteiger partial charge in [-0.1, -0.05) is 48.5 Å². The largest absolute Gasteiger partial charge is 0.433 e. The quantitative estimate of drug-likeness (QED) is 0.200. The van der Waals surface area contributed by atoms with Gasteiger partial charge in [0, 0.05) is 23.5 Å². The van der Waals surface area contributed by atoms with Gasteiger partial charge in [0.1, 0.15) is 19.1 Å². The van der Waals surface area contributed by atoms with Gasteiger partial charge in [0.2, 0.25) is 6.54 Å². The maximum atomic E-state index is 13.3. The number of hydrogen-bond acceptors (Lipinski definition) is 8. The Bertz CT molecular complexity index is 1600. The van der Waals surface area contributed by atoms with E-state index in [0.717, 1.165) is 25.3 Å². The molecule has 12 heteroatoms. The van der Waals surface area contributed by atoms with Crippen LogP contribution >= 0.6 is 46.0 Å². The Labute approximate surface area is 224 Å². The molecule has 1 aliphatic rings. The van der Waals surface area contributed by atoms with Gasteiger partial charge in [0.05, 0.1) is 23.2 Å². The normalized spacial score (nSPS) is 14.6. The number of nitro groups is 1. The highest BCUT2D eigenvalue weighted by atomic mass is 35.5. The Morgan fingerprint density at radius 2 is 2.03 bits per heavy atom. The van der Waals surface area contributed by atoms with Crippen molar-refractivity contribution >= 4 is 68.7 Å². The lowest BCUT2D eigenvalue weighted by Gasteiger charge is -2.12. The maximum absolute atomic E-state index is 13.3. The molecule has 0 fully saturated rings. The lowest BCUT2D eigenvalue weighted by Crippen LogP contribution is -2.36. The van der Waals surface area contributed by atoms with E-state index in [9.17, 15) is 14.9 Å². The number of thiazole rings is 2. The van der Waals surface area contributed by atoms with Gasteiger partial charge < -0.3 is 9.32 Å². The fraction of sp³-hybridized carbons (Fsp3) is 0.250. The van der Waals surface area contributed by atoms with Crippen molar-refractivity contribution in [1.82, 2.24) is 4.57 Å². The van der Waals surface area contributed by atoms with Crippen LogP contribution in [0.25, 0.3) is 11.1 Å². The van der Waals surface area contributed by atoms with E-state index in [2.05, 4.69) is 0 Å². The first-order valence-corrected chi connectivity index (χ1v) is 14.1. The van der Waals surface area contributed by atoms with E-state index < -0.39 is 4.92 Å². The highest BCUT2D eigenvalue weighted by Crippen LogP contribution is 2.46. The van der Waals surface area contributed by atoms with Crippen molar-refractivity contribution < 1.29 is 13.9 Å². The molecule has 1 aromatic carbocycles. The highest BCUT2D eigenvalue weighted by molar-refractivity contribution is 8.08. The Morgan fingerprint density at radius 3 is 2.72 bits per heavy atom. The van der Waals surface area contributed by atoms with Gasteiger partial charge in [-0.25, -0.2) is 0 Å². The summed E-state index contributed by atoms with van der Waals surface area (Å²) in [5.74, 6) is 0.206. The van der Waals surface area contributed by atoms with Crippen LogP contribution in [0.2, 0.25) is 5.02 Å². The van der Waals surface area contributed by atoms with Crippen molar-refractivity contribution in [1.29, 1.82) is 0 Å². The Morgan fingerprint density at radius 1 is 1.25 bits per heavy atom. The molecular formula is C24H24ClN4O4S3+. The fourth-order valence-electron chi connectivity index (χ4n) is 3.68. The van der Waals surface area contributed by atoms with Crippen LogP contribution in [0, 0.1) is 10.1 Å². The van der Waals surface area contributed by atoms with Crippen molar-refractivity contribution in [3.05, 3.63) is 87.4 Å². The molecule has 36 heavy (non-hydrogen) atoms. The minimum atomic E-state index is -0.552. The van der Waals surface area contributed by atoms with Crippen LogP contribution < -0.4 is 24.2 Å². The van der Waals surface area contributed by atoms with Crippen molar-refractivity contribution in [3.8, 4) is 0 Å². The number of rotatable bonds is 5. The van der Waals surface area contributed by atoms with E-state index in [1.54, 1.807) is 22.4 Å². The smallest absolute Gasteiger partial charge is 0.399 e. The van der Waals surface area contributed by atoms with E-state index >= 15 is 0 Å². The van der Waals surface area contributed by atoms with Crippen molar-refractivity contribution in [2.45, 2.75) is 38.8 Å². The summed E-state index contributed by atoms with van der Waals surface area (Å²) in [4.78, 5) is 26.7. The number of hydrogen-bond donors (Lipinski definition) is 0. The van der Waals surface area contributed by atoms with Crippen LogP contribution in [0.4, 0.5) is 11.6 Å². The van der Waals surface area contributed by atoms with E-state index in [-0.39, 0.29) is 11.4 Å². The summed E-state index contributed by atoms with van der Waals surface area (Å²) in [7, 11) is 1.96. The number of nitrogens with zero attached hydrogens (tertiary/aromatic N) is 4. The first kappa shape index (κ1) is 26.2. The van der Waals surface area contributed by atoms with Crippen molar-refractivity contribution in [3.63, 3.8) is 0 Å². The molecule has 4 aromatic rings. The molecule has 0 aliphatic carbocycles. The molecule has 188 valence electrons. The van der Waals surface area contributed by atoms with Crippen molar-refractivity contribution in [2.75, 3.05) is 11.9 Å². The minimum absolute atomic E-state index is 0.0308. The molecular weight excluding hydrogens is 540 g/mol. The van der Waals surface area contributed by atoms with Gasteiger partial charge in [-0.2, -0.15) is 4.57 Å². The molecule has 1 aliphatic heterocycles. The maximum Gasteiger partial charge on any atom is 0.433 e. The van der Waals surface area contributed by atoms with Gasteiger partial charge in [0.25, 0.3) is 10.6 Å². The number of benzene rings is 1. The number of furan rings is 1. The third-order valence-electron chi connectivity index (χ3n) is 5.33. The van der Waals surface area contributed by atoms with Gasteiger partial charge in [-0.05, 0) is 31.2 Å². The number of halogens is 1. The van der Waals surface area contributed by atoms with Gasteiger partial charge in [-0.15, -0.1) is 11.3 Å². The molecule has 0 N–H and O–H groups in total. The molecule has 4 heterocycles. The first-order chi connectivity index (χ1) is 17.4. The average Bonchev–Trinajstić information content (AvgIpc) is 3.63. The molecule has 0 spiro atoms. The van der Waals surface area contributed by atoms with Crippen LogP contribution in [-0.2, 0) is 13.1 Å². The highest BCUT2D eigenvalue weighted by Gasteiger charge is 2.25. The van der Waals surface area contributed by atoms with Crippen LogP contribution in [0.1, 0.15) is 31.5 Å². The molecule has 0 bridgehead atoms. The van der Waals surface area contributed by atoms with Crippen LogP contribution in [0.15, 0.2) is 56.0 Å². The predicted molar refractivity (Wildman–Crippen MR) is 147 cm³/mol. The zero-order valence-corrected chi connectivity index (χ0v) is 23.3. The topological polar surface area (TPSA) is 85.4 Å². The molecule has 5 rings (SSSR count). The predicted octanol–water partition coefficient (Wildman–Crippen LogP) is 4.64. The van der Waals surface area contributed by atoms with E-state index in [0.29, 0.717) is 28.4 Å². The Kier molecular flexibility index (Phi) is 8.04. The monoisotopic (exact) mass is 563 g/mol. The second-order valence-electron chi connectivity index (χ2n) is 7.41. The lowest BCUT2D eigenvalue weighted by atomic mass is 10.3. The van der Waals surface area contributed by atoms with Crippen LogP contribution in [0.5, 0.6) is 0 Å². The second-order valence-corrected chi connectivity index (χ2v) is 10.8. The number of thioether (sulfide) groups is 1. The van der Waals surface area contributed by atoms with E-state index in [1.807, 2.05) is 73.1 Å². The molecule has 8 nitrogen and oxygen atoms in total. The molecule has 0 atom stereocenters. The summed E-state index contributed by atoms with van der Waals surface area (Å²) >= 11 is 10.7. The van der Waals surface area contributed by atoms with Crippen molar-refractivity contribution in [2.24, 2.45) is 0 Å². The third kappa shape index (κ3) is 5.01. The molecule has 0 unspecified atom stereocenters. The summed E-state index contributed by atoms with van der Waals surface area (Å²) in [5, 5.41) is 15.3. The zero-order chi connectivity index (χ0) is 26.0. The van der Waals surface area contributed by atoms with Gasteiger partial charge in [0.15, 0.2) is 12.0 Å². The SMILES string of the molecule is CC.CCn1c(=O)/c(=C2\Sc3cc(Cl)ccc3N2C)s/c1=C\c1scc[n+]1Cc1ccc([N+](=O)[O-])o1. The minimum Gasteiger partial charge on any atom is -0.399 e. The standard InChI is InChI=1S/C22H18ClN4O4S3.C2H6/c1-3-26-19(11-18-25(8-9-32-18)12-14-5-7-17(31-14)27(29)30)34-20(21(26)28)22-24(2)15-6-4-13(23)10-16(15)33-22;1-2/h4-11H,3,12H2,1-2H3;1-2H3/q+1;/b22-20+;. The molecule has 0 saturated carbocycles. The lowest BCUT2D eigenvalue weighted by molar-refractivity contribution is -0.686. The average molecular weight is 564 g/mol. The van der Waals surface area contributed by atoms with E-state index in [1.165, 1.54) is 28.7 Å².